The van der Waals surface area contributed by atoms with Crippen molar-refractivity contribution in [3.05, 3.63) is 25.3 Å². The van der Waals surface area contributed by atoms with Crippen LogP contribution in [0.4, 0.5) is 0 Å². The Morgan fingerprint density at radius 3 is 2.88 bits per heavy atom. The zero-order valence-electron chi connectivity index (χ0n) is 9.98. The molecule has 16 heavy (non-hydrogen) atoms. The molecule has 0 aliphatic heterocycles. The second kappa shape index (κ2) is 6.10. The Balaban J connectivity index is 2.62. The molecule has 0 aromatic carbocycles. The van der Waals surface area contributed by atoms with Crippen LogP contribution in [0.15, 0.2) is 25.3 Å². The number of carbonyl (C=O) groups excluding carboxylic acids is 1. The van der Waals surface area contributed by atoms with E-state index in [1.165, 1.54) is 0 Å². The molecule has 1 aromatic heterocycles. The highest BCUT2D eigenvalue weighted by Gasteiger charge is 2.15. The van der Waals surface area contributed by atoms with Gasteiger partial charge < -0.3 is 4.74 Å². The van der Waals surface area contributed by atoms with Gasteiger partial charge in [0.1, 0.15) is 12.4 Å². The molecule has 0 radical (unpaired) electrons. The molecule has 0 bridgehead atoms. The molecule has 4 nitrogen and oxygen atoms in total. The van der Waals surface area contributed by atoms with Gasteiger partial charge in [0, 0.05) is 0 Å². The molecule has 1 aromatic rings. The Morgan fingerprint density at radius 2 is 2.25 bits per heavy atom. The summed E-state index contributed by atoms with van der Waals surface area (Å²) in [5, 5.41) is 0. The Labute approximate surface area is 96.2 Å². The molecular formula is C12H19N2O2+. The van der Waals surface area contributed by atoms with Crippen LogP contribution in [-0.4, -0.2) is 17.1 Å². The summed E-state index contributed by atoms with van der Waals surface area (Å²) >= 11 is 0. The molecule has 0 fully saturated rings. The predicted molar refractivity (Wildman–Crippen MR) is 61.5 cm³/mol. The van der Waals surface area contributed by atoms with Crippen molar-refractivity contribution in [3.63, 3.8) is 0 Å². The van der Waals surface area contributed by atoms with Gasteiger partial charge in [0.2, 0.25) is 12.0 Å². The highest BCUT2D eigenvalue weighted by atomic mass is 16.5. The minimum atomic E-state index is -0.374. The average Bonchev–Trinajstić information content (AvgIpc) is 2.74. The van der Waals surface area contributed by atoms with Gasteiger partial charge in [0.05, 0.1) is 13.2 Å². The normalized spacial score (nSPS) is 10.1. The Kier molecular flexibility index (Phi) is 4.76. The van der Waals surface area contributed by atoms with E-state index in [1.54, 1.807) is 11.5 Å². The first kappa shape index (κ1) is 12.5. The number of unbranched alkanes of at least 4 members (excludes halogenated alkanes) is 1. The average molecular weight is 223 g/mol. The number of esters is 1. The lowest BCUT2D eigenvalue weighted by Gasteiger charge is -2.00. The van der Waals surface area contributed by atoms with E-state index in [0.717, 1.165) is 19.4 Å². The highest BCUT2D eigenvalue weighted by Crippen LogP contribution is 2.02. The van der Waals surface area contributed by atoms with E-state index in [9.17, 15) is 4.79 Å². The molecule has 1 rings (SSSR count). The van der Waals surface area contributed by atoms with E-state index in [2.05, 4.69) is 13.5 Å². The van der Waals surface area contributed by atoms with Crippen LogP contribution in [0.3, 0.4) is 0 Å². The fraction of sp³-hybridized carbons (Fsp3) is 0.500. The molecule has 4 heteroatoms. The fourth-order valence-corrected chi connectivity index (χ4v) is 1.35. The highest BCUT2D eigenvalue weighted by molar-refractivity contribution is 6.08. The van der Waals surface area contributed by atoms with Crippen molar-refractivity contribution < 1.29 is 14.1 Å². The van der Waals surface area contributed by atoms with Crippen molar-refractivity contribution in [2.24, 2.45) is 0 Å². The fourth-order valence-electron chi connectivity index (χ4n) is 1.35. The molecule has 0 saturated heterocycles. The van der Waals surface area contributed by atoms with Gasteiger partial charge in [-0.05, 0) is 19.9 Å². The van der Waals surface area contributed by atoms with Gasteiger partial charge >= 0.3 is 5.97 Å². The van der Waals surface area contributed by atoms with Crippen LogP contribution < -0.4 is 4.57 Å². The third-order valence-corrected chi connectivity index (χ3v) is 2.28. The molecule has 1 heterocycles. The maximum atomic E-state index is 11.4. The molecule has 0 amide bonds. The molecule has 0 aliphatic carbocycles. The number of imidazole rings is 1. The van der Waals surface area contributed by atoms with Crippen LogP contribution >= 0.6 is 0 Å². The van der Waals surface area contributed by atoms with Crippen molar-refractivity contribution in [2.75, 3.05) is 6.61 Å². The first-order valence-electron chi connectivity index (χ1n) is 5.62. The number of nitrogens with zero attached hydrogens (tertiary/aromatic N) is 2. The van der Waals surface area contributed by atoms with Crippen molar-refractivity contribution in [1.82, 2.24) is 4.57 Å². The topological polar surface area (TPSA) is 35.1 Å². The third kappa shape index (κ3) is 3.22. The van der Waals surface area contributed by atoms with E-state index in [4.69, 9.17) is 4.74 Å². The number of hydrogen-bond donors (Lipinski definition) is 0. The van der Waals surface area contributed by atoms with Crippen molar-refractivity contribution >= 4 is 11.7 Å². The maximum Gasteiger partial charge on any atom is 0.378 e. The van der Waals surface area contributed by atoms with Crippen LogP contribution in [0.2, 0.25) is 0 Å². The molecular weight excluding hydrogens is 204 g/mol. The van der Waals surface area contributed by atoms with Crippen LogP contribution in [0.5, 0.6) is 0 Å². The van der Waals surface area contributed by atoms with Crippen LogP contribution in [0.25, 0.3) is 5.70 Å². The number of carbonyl (C=O) groups is 1. The zero-order chi connectivity index (χ0) is 12.0. The minimum Gasteiger partial charge on any atom is -0.460 e. The predicted octanol–water partition coefficient (Wildman–Crippen LogP) is 1.61. The molecule has 0 aliphatic rings. The minimum absolute atomic E-state index is 0.345. The zero-order valence-corrected chi connectivity index (χ0v) is 9.98. The molecule has 0 N–H and O–H groups in total. The van der Waals surface area contributed by atoms with E-state index in [-0.39, 0.29) is 5.97 Å². The number of rotatable bonds is 6. The smallest absolute Gasteiger partial charge is 0.378 e. The maximum absolute atomic E-state index is 11.4. The quantitative estimate of drug-likeness (QED) is 0.417. The molecule has 0 spiro atoms. The Morgan fingerprint density at radius 1 is 1.50 bits per heavy atom. The number of ether oxygens (including phenoxy) is 1. The van der Waals surface area contributed by atoms with Gasteiger partial charge in [-0.25, -0.2) is 9.36 Å². The van der Waals surface area contributed by atoms with Gasteiger partial charge in [-0.15, -0.1) is 0 Å². The van der Waals surface area contributed by atoms with Gasteiger partial charge in [-0.1, -0.05) is 13.3 Å². The number of hydrogen-bond acceptors (Lipinski definition) is 2. The second-order valence-corrected chi connectivity index (χ2v) is 3.58. The first-order chi connectivity index (χ1) is 7.69. The van der Waals surface area contributed by atoms with E-state index in [0.29, 0.717) is 12.3 Å². The molecule has 0 atom stereocenters. The summed E-state index contributed by atoms with van der Waals surface area (Å²) in [4.78, 5) is 11.4. The largest absolute Gasteiger partial charge is 0.460 e. The molecule has 0 unspecified atom stereocenters. The summed E-state index contributed by atoms with van der Waals surface area (Å²) in [5.41, 5.74) is 0.345. The van der Waals surface area contributed by atoms with Gasteiger partial charge in [0.25, 0.3) is 0 Å². The Bertz CT molecular complexity index is 369. The van der Waals surface area contributed by atoms with Crippen LogP contribution in [0.1, 0.15) is 26.7 Å². The summed E-state index contributed by atoms with van der Waals surface area (Å²) in [5.74, 6) is -0.374. The lowest BCUT2D eigenvalue weighted by Crippen LogP contribution is -2.30. The van der Waals surface area contributed by atoms with Crippen molar-refractivity contribution in [1.29, 1.82) is 0 Å². The SMILES string of the molecule is C=C(C(=O)OCC)n1cc[n+](CCCC)c1. The van der Waals surface area contributed by atoms with Crippen molar-refractivity contribution in [2.45, 2.75) is 33.2 Å². The summed E-state index contributed by atoms with van der Waals surface area (Å²) in [7, 11) is 0. The summed E-state index contributed by atoms with van der Waals surface area (Å²) in [6, 6.07) is 0. The summed E-state index contributed by atoms with van der Waals surface area (Å²) < 4.78 is 8.60. The summed E-state index contributed by atoms with van der Waals surface area (Å²) in [6.07, 6.45) is 7.88. The third-order valence-electron chi connectivity index (χ3n) is 2.28. The molecule has 0 saturated carbocycles. The van der Waals surface area contributed by atoms with Gasteiger partial charge in [-0.3, -0.25) is 0 Å². The standard InChI is InChI=1S/C12H19N2O2/c1-4-6-7-13-8-9-14(10-13)11(3)12(15)16-5-2/h8-10H,3-7H2,1-2H3/q+1. The van der Waals surface area contributed by atoms with Crippen LogP contribution in [0, 0.1) is 0 Å². The summed E-state index contributed by atoms with van der Waals surface area (Å²) in [6.45, 7) is 8.97. The van der Waals surface area contributed by atoms with Crippen molar-refractivity contribution in [3.8, 4) is 0 Å². The van der Waals surface area contributed by atoms with Gasteiger partial charge in [0.15, 0.2) is 0 Å². The number of aryl methyl sites for hydroxylation is 1. The van der Waals surface area contributed by atoms with E-state index >= 15 is 0 Å². The first-order valence-corrected chi connectivity index (χ1v) is 5.62. The lowest BCUT2D eigenvalue weighted by molar-refractivity contribution is -0.696. The Hall–Kier alpha value is -1.58. The van der Waals surface area contributed by atoms with Gasteiger partial charge in [-0.2, -0.15) is 4.57 Å². The van der Waals surface area contributed by atoms with Crippen LogP contribution in [-0.2, 0) is 16.1 Å². The molecule has 88 valence electrons. The lowest BCUT2D eigenvalue weighted by atomic mass is 10.3. The van der Waals surface area contributed by atoms with E-state index < -0.39 is 0 Å². The van der Waals surface area contributed by atoms with E-state index in [1.807, 2.05) is 23.3 Å². The second-order valence-electron chi connectivity index (χ2n) is 3.58. The number of aromatic nitrogens is 2. The monoisotopic (exact) mass is 223 g/mol.